The third kappa shape index (κ3) is 2.82. The molecule has 0 radical (unpaired) electrons. The van der Waals surface area contributed by atoms with E-state index in [4.69, 9.17) is 0 Å². The van der Waals surface area contributed by atoms with Gasteiger partial charge in [0.05, 0.1) is 0 Å². The molecule has 0 saturated carbocycles. The van der Waals surface area contributed by atoms with E-state index in [1.165, 1.54) is 38.6 Å². The summed E-state index contributed by atoms with van der Waals surface area (Å²) >= 11 is 0. The standard InChI is InChI=1S/C10H21N/c1-3-5-9-6-7-11-10(4-2)8-9/h9-11H,3-8H2,1-2H3/t9-,10-/m1/s1. The van der Waals surface area contributed by atoms with Gasteiger partial charge in [-0.25, -0.2) is 0 Å². The molecule has 2 atom stereocenters. The summed E-state index contributed by atoms with van der Waals surface area (Å²) < 4.78 is 0. The van der Waals surface area contributed by atoms with Crippen molar-refractivity contribution in [3.63, 3.8) is 0 Å². The van der Waals surface area contributed by atoms with Gasteiger partial charge in [-0.1, -0.05) is 26.7 Å². The number of piperidine rings is 1. The Hall–Kier alpha value is -0.0400. The van der Waals surface area contributed by atoms with Crippen LogP contribution < -0.4 is 5.32 Å². The normalized spacial score (nSPS) is 32.2. The molecule has 1 aliphatic heterocycles. The summed E-state index contributed by atoms with van der Waals surface area (Å²) in [6, 6.07) is 0.820. The molecule has 1 aliphatic rings. The lowest BCUT2D eigenvalue weighted by molar-refractivity contribution is 0.282. The Kier molecular flexibility index (Phi) is 3.92. The first-order valence-electron chi connectivity index (χ1n) is 5.10. The summed E-state index contributed by atoms with van der Waals surface area (Å²) in [6.45, 7) is 5.83. The summed E-state index contributed by atoms with van der Waals surface area (Å²) in [6.07, 6.45) is 6.94. The Bertz CT molecular complexity index is 99.0. The van der Waals surface area contributed by atoms with Crippen LogP contribution in [0, 0.1) is 5.92 Å². The Morgan fingerprint density at radius 2 is 2.18 bits per heavy atom. The molecule has 1 heteroatoms. The van der Waals surface area contributed by atoms with E-state index < -0.39 is 0 Å². The SMILES string of the molecule is CCC[C@@H]1CCN[C@H](CC)C1. The van der Waals surface area contributed by atoms with Crippen LogP contribution >= 0.6 is 0 Å². The maximum atomic E-state index is 3.56. The van der Waals surface area contributed by atoms with Crippen molar-refractivity contribution >= 4 is 0 Å². The first-order chi connectivity index (χ1) is 5.36. The lowest BCUT2D eigenvalue weighted by atomic mass is 9.88. The summed E-state index contributed by atoms with van der Waals surface area (Å²) in [5.74, 6) is 1.02. The largest absolute Gasteiger partial charge is 0.314 e. The van der Waals surface area contributed by atoms with Crippen LogP contribution in [0.1, 0.15) is 46.0 Å². The van der Waals surface area contributed by atoms with Gasteiger partial charge in [-0.2, -0.15) is 0 Å². The Morgan fingerprint density at radius 3 is 2.82 bits per heavy atom. The molecule has 0 aromatic heterocycles. The van der Waals surface area contributed by atoms with Gasteiger partial charge < -0.3 is 5.32 Å². The molecule has 1 rings (SSSR count). The molecule has 1 N–H and O–H groups in total. The smallest absolute Gasteiger partial charge is 0.00670 e. The lowest BCUT2D eigenvalue weighted by Gasteiger charge is -2.29. The van der Waals surface area contributed by atoms with Crippen molar-refractivity contribution in [3.8, 4) is 0 Å². The molecule has 1 nitrogen and oxygen atoms in total. The molecule has 0 amide bonds. The van der Waals surface area contributed by atoms with Crippen molar-refractivity contribution in [1.29, 1.82) is 0 Å². The molecule has 0 aromatic rings. The fourth-order valence-electron chi connectivity index (χ4n) is 2.08. The second kappa shape index (κ2) is 4.76. The van der Waals surface area contributed by atoms with Crippen LogP contribution in [0.5, 0.6) is 0 Å². The minimum Gasteiger partial charge on any atom is -0.314 e. The zero-order valence-corrected chi connectivity index (χ0v) is 7.90. The van der Waals surface area contributed by atoms with Gasteiger partial charge in [0.15, 0.2) is 0 Å². The van der Waals surface area contributed by atoms with Gasteiger partial charge >= 0.3 is 0 Å². The quantitative estimate of drug-likeness (QED) is 0.660. The van der Waals surface area contributed by atoms with Crippen LogP contribution in [0.25, 0.3) is 0 Å². The Balaban J connectivity index is 2.21. The monoisotopic (exact) mass is 155 g/mol. The summed E-state index contributed by atoms with van der Waals surface area (Å²) in [7, 11) is 0. The van der Waals surface area contributed by atoms with Gasteiger partial charge in [0.2, 0.25) is 0 Å². The lowest BCUT2D eigenvalue weighted by Crippen LogP contribution is -2.37. The van der Waals surface area contributed by atoms with E-state index in [-0.39, 0.29) is 0 Å². The van der Waals surface area contributed by atoms with Crippen molar-refractivity contribution in [2.45, 2.75) is 52.0 Å². The zero-order valence-electron chi connectivity index (χ0n) is 7.90. The summed E-state index contributed by atoms with van der Waals surface area (Å²) in [4.78, 5) is 0. The molecule has 1 fully saturated rings. The molecular weight excluding hydrogens is 134 g/mol. The molecule has 0 unspecified atom stereocenters. The van der Waals surface area contributed by atoms with Crippen LogP contribution in [0.15, 0.2) is 0 Å². The van der Waals surface area contributed by atoms with Crippen molar-refractivity contribution in [2.75, 3.05) is 6.54 Å². The van der Waals surface area contributed by atoms with Gasteiger partial charge in [-0.05, 0) is 31.7 Å². The molecule has 0 aliphatic carbocycles. The van der Waals surface area contributed by atoms with E-state index in [9.17, 15) is 0 Å². The molecular formula is C10H21N. The van der Waals surface area contributed by atoms with Crippen LogP contribution in [0.3, 0.4) is 0 Å². The van der Waals surface area contributed by atoms with Crippen LogP contribution in [-0.4, -0.2) is 12.6 Å². The molecule has 0 aromatic carbocycles. The van der Waals surface area contributed by atoms with E-state index >= 15 is 0 Å². The number of nitrogens with one attached hydrogen (secondary N) is 1. The fourth-order valence-corrected chi connectivity index (χ4v) is 2.08. The molecule has 0 spiro atoms. The van der Waals surface area contributed by atoms with Gasteiger partial charge in [-0.3, -0.25) is 0 Å². The average Bonchev–Trinajstić information content (AvgIpc) is 2.06. The van der Waals surface area contributed by atoms with Crippen LogP contribution in [-0.2, 0) is 0 Å². The first kappa shape index (κ1) is 9.05. The molecule has 66 valence electrons. The predicted molar refractivity (Wildman–Crippen MR) is 49.7 cm³/mol. The van der Waals surface area contributed by atoms with Crippen LogP contribution in [0.2, 0.25) is 0 Å². The highest BCUT2D eigenvalue weighted by atomic mass is 14.9. The van der Waals surface area contributed by atoms with Crippen molar-refractivity contribution in [2.24, 2.45) is 5.92 Å². The first-order valence-corrected chi connectivity index (χ1v) is 5.10. The second-order valence-electron chi connectivity index (χ2n) is 3.74. The van der Waals surface area contributed by atoms with E-state index in [1.807, 2.05) is 0 Å². The minimum absolute atomic E-state index is 0.820. The minimum atomic E-state index is 0.820. The molecule has 1 heterocycles. The Morgan fingerprint density at radius 1 is 1.36 bits per heavy atom. The second-order valence-corrected chi connectivity index (χ2v) is 3.74. The molecule has 0 bridgehead atoms. The number of hydrogen-bond acceptors (Lipinski definition) is 1. The predicted octanol–water partition coefficient (Wildman–Crippen LogP) is 2.56. The maximum Gasteiger partial charge on any atom is 0.00670 e. The van der Waals surface area contributed by atoms with Gasteiger partial charge in [0, 0.05) is 6.04 Å². The molecule has 11 heavy (non-hydrogen) atoms. The van der Waals surface area contributed by atoms with Crippen LogP contribution in [0.4, 0.5) is 0 Å². The van der Waals surface area contributed by atoms with E-state index in [2.05, 4.69) is 19.2 Å². The maximum absolute atomic E-state index is 3.56. The van der Waals surface area contributed by atoms with E-state index in [0.29, 0.717) is 0 Å². The van der Waals surface area contributed by atoms with Gasteiger partial charge in [0.1, 0.15) is 0 Å². The average molecular weight is 155 g/mol. The third-order valence-electron chi connectivity index (χ3n) is 2.79. The topological polar surface area (TPSA) is 12.0 Å². The van der Waals surface area contributed by atoms with Gasteiger partial charge in [-0.15, -0.1) is 0 Å². The molecule has 1 saturated heterocycles. The number of hydrogen-bond donors (Lipinski definition) is 1. The van der Waals surface area contributed by atoms with E-state index in [0.717, 1.165) is 12.0 Å². The van der Waals surface area contributed by atoms with Crippen molar-refractivity contribution < 1.29 is 0 Å². The zero-order chi connectivity index (χ0) is 8.10. The summed E-state index contributed by atoms with van der Waals surface area (Å²) in [5.41, 5.74) is 0. The highest BCUT2D eigenvalue weighted by Gasteiger charge is 2.18. The Labute approximate surface area is 70.6 Å². The van der Waals surface area contributed by atoms with Crippen molar-refractivity contribution in [1.82, 2.24) is 5.32 Å². The summed E-state index contributed by atoms with van der Waals surface area (Å²) in [5, 5.41) is 3.56. The highest BCUT2D eigenvalue weighted by molar-refractivity contribution is 4.76. The third-order valence-corrected chi connectivity index (χ3v) is 2.79. The van der Waals surface area contributed by atoms with E-state index in [1.54, 1.807) is 0 Å². The number of rotatable bonds is 3. The fraction of sp³-hybridized carbons (Fsp3) is 1.00. The van der Waals surface area contributed by atoms with Gasteiger partial charge in [0.25, 0.3) is 0 Å². The van der Waals surface area contributed by atoms with Crippen molar-refractivity contribution in [3.05, 3.63) is 0 Å². The highest BCUT2D eigenvalue weighted by Crippen LogP contribution is 2.21.